The minimum absolute atomic E-state index is 0.0249. The number of likely N-dealkylation sites (N-methyl/N-ethyl adjacent to an activating group) is 1. The molecule has 0 aliphatic rings. The molecule has 0 aliphatic carbocycles. The van der Waals surface area contributed by atoms with Crippen molar-refractivity contribution in [3.8, 4) is 0 Å². The third-order valence-corrected chi connectivity index (χ3v) is 3.38. The van der Waals surface area contributed by atoms with Gasteiger partial charge in [0.15, 0.2) is 0 Å². The van der Waals surface area contributed by atoms with Gasteiger partial charge in [-0.1, -0.05) is 34.1 Å². The second-order valence-corrected chi connectivity index (χ2v) is 4.83. The van der Waals surface area contributed by atoms with Crippen molar-refractivity contribution in [2.75, 3.05) is 7.05 Å². The van der Waals surface area contributed by atoms with E-state index in [-0.39, 0.29) is 11.6 Å². The van der Waals surface area contributed by atoms with Crippen LogP contribution in [0, 0.1) is 0 Å². The SMILES string of the molecule is CNC(C)(C)C(N)c1ccccc1Br. The Morgan fingerprint density at radius 2 is 1.93 bits per heavy atom. The minimum Gasteiger partial charge on any atom is -0.322 e. The highest BCUT2D eigenvalue weighted by Crippen LogP contribution is 2.28. The van der Waals surface area contributed by atoms with Crippen LogP contribution in [0.4, 0.5) is 0 Å². The summed E-state index contributed by atoms with van der Waals surface area (Å²) >= 11 is 3.51. The number of halogens is 1. The van der Waals surface area contributed by atoms with Gasteiger partial charge in [-0.05, 0) is 32.5 Å². The maximum absolute atomic E-state index is 6.19. The average Bonchev–Trinajstić information content (AvgIpc) is 2.17. The Hall–Kier alpha value is -0.380. The lowest BCUT2D eigenvalue weighted by Gasteiger charge is -2.32. The molecular formula is C11H17BrN2. The number of nitrogens with two attached hydrogens (primary N) is 1. The lowest BCUT2D eigenvalue weighted by atomic mass is 9.90. The number of nitrogens with one attached hydrogen (secondary N) is 1. The van der Waals surface area contributed by atoms with Crippen molar-refractivity contribution in [3.63, 3.8) is 0 Å². The zero-order valence-electron chi connectivity index (χ0n) is 8.84. The Labute approximate surface area is 94.0 Å². The van der Waals surface area contributed by atoms with E-state index in [1.165, 1.54) is 0 Å². The van der Waals surface area contributed by atoms with Gasteiger partial charge in [-0.15, -0.1) is 0 Å². The topological polar surface area (TPSA) is 38.0 Å². The summed E-state index contributed by atoms with van der Waals surface area (Å²) in [4.78, 5) is 0. The van der Waals surface area contributed by atoms with Gasteiger partial charge in [-0.25, -0.2) is 0 Å². The van der Waals surface area contributed by atoms with E-state index in [1.807, 2.05) is 31.3 Å². The smallest absolute Gasteiger partial charge is 0.0485 e. The molecule has 0 spiro atoms. The Bertz CT molecular complexity index is 310. The predicted octanol–water partition coefficient (Wildman–Crippen LogP) is 2.45. The molecule has 0 saturated heterocycles. The average molecular weight is 257 g/mol. The van der Waals surface area contributed by atoms with Crippen molar-refractivity contribution in [2.45, 2.75) is 25.4 Å². The van der Waals surface area contributed by atoms with Crippen LogP contribution in [-0.2, 0) is 0 Å². The molecule has 0 aliphatic heterocycles. The molecule has 1 aromatic carbocycles. The highest BCUT2D eigenvalue weighted by atomic mass is 79.9. The summed E-state index contributed by atoms with van der Waals surface area (Å²) in [5, 5.41) is 3.22. The van der Waals surface area contributed by atoms with E-state index in [2.05, 4.69) is 35.1 Å². The van der Waals surface area contributed by atoms with Crippen molar-refractivity contribution >= 4 is 15.9 Å². The fourth-order valence-electron chi connectivity index (χ4n) is 1.27. The van der Waals surface area contributed by atoms with Gasteiger partial charge in [0.25, 0.3) is 0 Å². The first-order chi connectivity index (χ1) is 6.49. The van der Waals surface area contributed by atoms with Crippen LogP contribution in [0.5, 0.6) is 0 Å². The van der Waals surface area contributed by atoms with Gasteiger partial charge in [0.1, 0.15) is 0 Å². The van der Waals surface area contributed by atoms with Gasteiger partial charge in [-0.2, -0.15) is 0 Å². The predicted molar refractivity (Wildman–Crippen MR) is 64.2 cm³/mol. The molecule has 0 heterocycles. The summed E-state index contributed by atoms with van der Waals surface area (Å²) in [5.41, 5.74) is 7.22. The zero-order chi connectivity index (χ0) is 10.8. The van der Waals surface area contributed by atoms with Crippen LogP contribution in [0.25, 0.3) is 0 Å². The van der Waals surface area contributed by atoms with Crippen molar-refractivity contribution in [2.24, 2.45) is 5.73 Å². The molecule has 0 bridgehead atoms. The van der Waals surface area contributed by atoms with E-state index in [9.17, 15) is 0 Å². The molecule has 0 fully saturated rings. The Balaban J connectivity index is 3.00. The molecule has 0 radical (unpaired) electrons. The summed E-state index contributed by atoms with van der Waals surface area (Å²) in [5.74, 6) is 0. The Kier molecular flexibility index (Phi) is 3.70. The molecule has 0 saturated carbocycles. The lowest BCUT2D eigenvalue weighted by Crippen LogP contribution is -2.46. The Morgan fingerprint density at radius 3 is 2.43 bits per heavy atom. The molecule has 3 N–H and O–H groups in total. The third-order valence-electron chi connectivity index (χ3n) is 2.66. The van der Waals surface area contributed by atoms with Crippen LogP contribution < -0.4 is 11.1 Å². The van der Waals surface area contributed by atoms with Crippen molar-refractivity contribution in [1.29, 1.82) is 0 Å². The van der Waals surface area contributed by atoms with Gasteiger partial charge in [0, 0.05) is 16.1 Å². The molecule has 78 valence electrons. The number of hydrogen-bond donors (Lipinski definition) is 2. The molecule has 1 atom stereocenters. The van der Waals surface area contributed by atoms with Crippen LogP contribution in [-0.4, -0.2) is 12.6 Å². The zero-order valence-corrected chi connectivity index (χ0v) is 10.4. The van der Waals surface area contributed by atoms with Crippen LogP contribution >= 0.6 is 15.9 Å². The molecule has 2 nitrogen and oxygen atoms in total. The van der Waals surface area contributed by atoms with Crippen molar-refractivity contribution < 1.29 is 0 Å². The first-order valence-corrected chi connectivity index (χ1v) is 5.47. The molecular weight excluding hydrogens is 240 g/mol. The largest absolute Gasteiger partial charge is 0.322 e. The van der Waals surface area contributed by atoms with Gasteiger partial charge in [0.2, 0.25) is 0 Å². The first-order valence-electron chi connectivity index (χ1n) is 4.68. The summed E-state index contributed by atoms with van der Waals surface area (Å²) in [6.07, 6.45) is 0. The molecule has 14 heavy (non-hydrogen) atoms. The van der Waals surface area contributed by atoms with Crippen LogP contribution in [0.1, 0.15) is 25.5 Å². The summed E-state index contributed by atoms with van der Waals surface area (Å²) < 4.78 is 1.07. The van der Waals surface area contributed by atoms with E-state index < -0.39 is 0 Å². The maximum atomic E-state index is 6.19. The normalized spacial score (nSPS) is 14.1. The van der Waals surface area contributed by atoms with Gasteiger partial charge < -0.3 is 11.1 Å². The highest BCUT2D eigenvalue weighted by Gasteiger charge is 2.26. The maximum Gasteiger partial charge on any atom is 0.0485 e. The van der Waals surface area contributed by atoms with Gasteiger partial charge >= 0.3 is 0 Å². The minimum atomic E-state index is -0.107. The standard InChI is InChI=1S/C11H17BrN2/c1-11(2,14-3)10(13)8-6-4-5-7-9(8)12/h4-7,10,14H,13H2,1-3H3. The van der Waals surface area contributed by atoms with E-state index in [0.717, 1.165) is 10.0 Å². The van der Waals surface area contributed by atoms with Gasteiger partial charge in [-0.3, -0.25) is 0 Å². The molecule has 0 amide bonds. The van der Waals surface area contributed by atoms with E-state index in [0.29, 0.717) is 0 Å². The third kappa shape index (κ3) is 2.35. The van der Waals surface area contributed by atoms with E-state index in [4.69, 9.17) is 5.73 Å². The first kappa shape index (κ1) is 11.7. The fourth-order valence-corrected chi connectivity index (χ4v) is 1.80. The lowest BCUT2D eigenvalue weighted by molar-refractivity contribution is 0.348. The quantitative estimate of drug-likeness (QED) is 0.872. The summed E-state index contributed by atoms with van der Waals surface area (Å²) in [7, 11) is 1.93. The fraction of sp³-hybridized carbons (Fsp3) is 0.455. The summed E-state index contributed by atoms with van der Waals surface area (Å²) in [6, 6.07) is 8.04. The van der Waals surface area contributed by atoms with Crippen LogP contribution in [0.15, 0.2) is 28.7 Å². The number of rotatable bonds is 3. The highest BCUT2D eigenvalue weighted by molar-refractivity contribution is 9.10. The van der Waals surface area contributed by atoms with Gasteiger partial charge in [0.05, 0.1) is 0 Å². The van der Waals surface area contributed by atoms with Crippen LogP contribution in [0.3, 0.4) is 0 Å². The second kappa shape index (κ2) is 4.43. The molecule has 0 aromatic heterocycles. The van der Waals surface area contributed by atoms with Crippen molar-refractivity contribution in [1.82, 2.24) is 5.32 Å². The van der Waals surface area contributed by atoms with E-state index >= 15 is 0 Å². The van der Waals surface area contributed by atoms with Crippen LogP contribution in [0.2, 0.25) is 0 Å². The molecule has 1 rings (SSSR count). The molecule has 3 heteroatoms. The second-order valence-electron chi connectivity index (χ2n) is 3.97. The van der Waals surface area contributed by atoms with E-state index in [1.54, 1.807) is 0 Å². The number of benzene rings is 1. The number of hydrogen-bond acceptors (Lipinski definition) is 2. The molecule has 1 aromatic rings. The van der Waals surface area contributed by atoms with Crippen molar-refractivity contribution in [3.05, 3.63) is 34.3 Å². The monoisotopic (exact) mass is 256 g/mol. The molecule has 1 unspecified atom stereocenters. The Morgan fingerprint density at radius 1 is 1.36 bits per heavy atom. The summed E-state index contributed by atoms with van der Waals surface area (Å²) in [6.45, 7) is 4.19.